The number of rotatable bonds is 6. The van der Waals surface area contributed by atoms with Crippen molar-refractivity contribution < 1.29 is 5.11 Å². The fourth-order valence-electron chi connectivity index (χ4n) is 1.37. The minimum absolute atomic E-state index is 0.191. The van der Waals surface area contributed by atoms with Gasteiger partial charge >= 0.3 is 0 Å². The highest BCUT2D eigenvalue weighted by Gasteiger charge is 1.94. The maximum Gasteiger partial charge on any atom is 0.0991 e. The third-order valence-corrected chi connectivity index (χ3v) is 2.19. The van der Waals surface area contributed by atoms with Gasteiger partial charge in [-0.25, -0.2) is 0 Å². The molecule has 0 spiro atoms. The Morgan fingerprint density at radius 3 is 2.53 bits per heavy atom. The molecule has 1 aromatic carbocycles. The molecule has 0 atom stereocenters. The number of nitrogens with zero attached hydrogens (tertiary/aromatic N) is 1. The van der Waals surface area contributed by atoms with E-state index in [-0.39, 0.29) is 6.61 Å². The molecule has 80 valence electrons. The predicted molar refractivity (Wildman–Crippen MR) is 59.4 cm³/mol. The van der Waals surface area contributed by atoms with Crippen molar-refractivity contribution in [1.82, 2.24) is 5.32 Å². The molecule has 3 nitrogen and oxygen atoms in total. The van der Waals surface area contributed by atoms with Crippen LogP contribution in [-0.4, -0.2) is 24.8 Å². The Hall–Kier alpha value is -1.37. The number of hydrogen-bond donors (Lipinski definition) is 2. The second-order valence-corrected chi connectivity index (χ2v) is 3.39. The Bertz CT molecular complexity index is 313. The molecule has 3 heteroatoms. The van der Waals surface area contributed by atoms with E-state index in [0.29, 0.717) is 12.1 Å². The molecule has 0 aromatic heterocycles. The average molecular weight is 204 g/mol. The van der Waals surface area contributed by atoms with Crippen LogP contribution in [0, 0.1) is 11.3 Å². The number of nitriles is 1. The largest absolute Gasteiger partial charge is 0.395 e. The summed E-state index contributed by atoms with van der Waals surface area (Å²) in [4.78, 5) is 0. The van der Waals surface area contributed by atoms with Gasteiger partial charge in [0, 0.05) is 6.54 Å². The smallest absolute Gasteiger partial charge is 0.0991 e. The number of benzene rings is 1. The van der Waals surface area contributed by atoms with Gasteiger partial charge in [0.2, 0.25) is 0 Å². The van der Waals surface area contributed by atoms with Gasteiger partial charge in [-0.3, -0.25) is 0 Å². The summed E-state index contributed by atoms with van der Waals surface area (Å²) in [6.07, 6.45) is 2.05. The number of aliphatic hydroxyl groups excluding tert-OH is 1. The maximum atomic E-state index is 8.62. The second kappa shape index (κ2) is 6.99. The molecule has 1 aromatic rings. The highest BCUT2D eigenvalue weighted by molar-refractivity contribution is 5.31. The van der Waals surface area contributed by atoms with Gasteiger partial charge in [-0.15, -0.1) is 0 Å². The van der Waals surface area contributed by atoms with Crippen LogP contribution in [0.4, 0.5) is 0 Å². The lowest BCUT2D eigenvalue weighted by atomic mass is 10.1. The van der Waals surface area contributed by atoms with Crippen molar-refractivity contribution in [3.63, 3.8) is 0 Å². The fourth-order valence-corrected chi connectivity index (χ4v) is 1.37. The van der Waals surface area contributed by atoms with Crippen molar-refractivity contribution in [1.29, 1.82) is 5.26 Å². The molecule has 0 radical (unpaired) electrons. The van der Waals surface area contributed by atoms with Crippen LogP contribution >= 0.6 is 0 Å². The molecule has 0 saturated carbocycles. The van der Waals surface area contributed by atoms with Crippen LogP contribution in [0.3, 0.4) is 0 Å². The van der Waals surface area contributed by atoms with Gasteiger partial charge in [0.15, 0.2) is 0 Å². The van der Waals surface area contributed by atoms with Crippen LogP contribution in [0.2, 0.25) is 0 Å². The van der Waals surface area contributed by atoms with Crippen molar-refractivity contribution in [3.05, 3.63) is 35.4 Å². The molecule has 0 aliphatic carbocycles. The number of aryl methyl sites for hydroxylation is 1. The average Bonchev–Trinajstić information content (AvgIpc) is 2.30. The van der Waals surface area contributed by atoms with Gasteiger partial charge in [-0.1, -0.05) is 12.1 Å². The van der Waals surface area contributed by atoms with Crippen molar-refractivity contribution >= 4 is 0 Å². The van der Waals surface area contributed by atoms with Crippen LogP contribution in [0.5, 0.6) is 0 Å². The van der Waals surface area contributed by atoms with Gasteiger partial charge in [-0.05, 0) is 37.1 Å². The molecule has 0 heterocycles. The van der Waals surface area contributed by atoms with Crippen molar-refractivity contribution in [2.24, 2.45) is 0 Å². The van der Waals surface area contributed by atoms with E-state index in [1.54, 1.807) is 0 Å². The molecule has 0 fully saturated rings. The topological polar surface area (TPSA) is 56.0 Å². The minimum atomic E-state index is 0.191. The third-order valence-electron chi connectivity index (χ3n) is 2.19. The first-order chi connectivity index (χ1) is 7.36. The number of aliphatic hydroxyl groups is 1. The summed E-state index contributed by atoms with van der Waals surface area (Å²) in [5.74, 6) is 0. The molecule has 0 amide bonds. The van der Waals surface area contributed by atoms with Gasteiger partial charge in [0.05, 0.1) is 18.2 Å². The quantitative estimate of drug-likeness (QED) is 0.681. The molecule has 1 rings (SSSR count). The van der Waals surface area contributed by atoms with E-state index in [2.05, 4.69) is 11.4 Å². The Kier molecular flexibility index (Phi) is 5.46. The van der Waals surface area contributed by atoms with Crippen LogP contribution in [0.15, 0.2) is 24.3 Å². The monoisotopic (exact) mass is 204 g/mol. The minimum Gasteiger partial charge on any atom is -0.395 e. The van der Waals surface area contributed by atoms with Gasteiger partial charge in [0.25, 0.3) is 0 Å². The Morgan fingerprint density at radius 1 is 1.20 bits per heavy atom. The van der Waals surface area contributed by atoms with Crippen LogP contribution in [0.25, 0.3) is 0 Å². The van der Waals surface area contributed by atoms with Gasteiger partial charge in [0.1, 0.15) is 0 Å². The molecule has 0 aliphatic rings. The summed E-state index contributed by atoms with van der Waals surface area (Å²) in [5, 5.41) is 20.3. The second-order valence-electron chi connectivity index (χ2n) is 3.39. The zero-order chi connectivity index (χ0) is 10.9. The van der Waals surface area contributed by atoms with E-state index >= 15 is 0 Å². The van der Waals surface area contributed by atoms with Crippen LogP contribution in [-0.2, 0) is 6.42 Å². The summed E-state index contributed by atoms with van der Waals surface area (Å²) in [5.41, 5.74) is 1.96. The van der Waals surface area contributed by atoms with Crippen LogP contribution in [0.1, 0.15) is 17.5 Å². The zero-order valence-electron chi connectivity index (χ0n) is 8.74. The van der Waals surface area contributed by atoms with E-state index in [1.165, 1.54) is 5.56 Å². The highest BCUT2D eigenvalue weighted by atomic mass is 16.3. The molecule has 0 saturated heterocycles. The summed E-state index contributed by atoms with van der Waals surface area (Å²) >= 11 is 0. The number of hydrogen-bond acceptors (Lipinski definition) is 3. The predicted octanol–water partition coefficient (Wildman–Crippen LogP) is 1.07. The zero-order valence-corrected chi connectivity index (χ0v) is 8.74. The van der Waals surface area contributed by atoms with E-state index < -0.39 is 0 Å². The molecule has 0 aliphatic heterocycles. The van der Waals surface area contributed by atoms with E-state index in [4.69, 9.17) is 10.4 Å². The normalized spacial score (nSPS) is 9.87. The fraction of sp³-hybridized carbons (Fsp3) is 0.417. The van der Waals surface area contributed by atoms with Gasteiger partial charge in [-0.2, -0.15) is 5.26 Å². The summed E-state index contributed by atoms with van der Waals surface area (Å²) < 4.78 is 0. The highest BCUT2D eigenvalue weighted by Crippen LogP contribution is 2.05. The summed E-state index contributed by atoms with van der Waals surface area (Å²) in [7, 11) is 0. The third kappa shape index (κ3) is 4.59. The first kappa shape index (κ1) is 11.7. The lowest BCUT2D eigenvalue weighted by molar-refractivity contribution is 0.292. The van der Waals surface area contributed by atoms with Crippen molar-refractivity contribution in [3.8, 4) is 6.07 Å². The first-order valence-electron chi connectivity index (χ1n) is 5.17. The standard InChI is InChI=1S/C12H16N2O/c13-10-12-5-3-11(4-6-12)2-1-7-14-8-9-15/h3-6,14-15H,1-2,7-9H2. The lowest BCUT2D eigenvalue weighted by Gasteiger charge is -2.03. The Balaban J connectivity index is 2.23. The maximum absolute atomic E-state index is 8.62. The van der Waals surface area contributed by atoms with Crippen molar-refractivity contribution in [2.75, 3.05) is 19.7 Å². The van der Waals surface area contributed by atoms with E-state index in [0.717, 1.165) is 19.4 Å². The molecular weight excluding hydrogens is 188 g/mol. The molecule has 2 N–H and O–H groups in total. The van der Waals surface area contributed by atoms with E-state index in [1.807, 2.05) is 24.3 Å². The first-order valence-corrected chi connectivity index (χ1v) is 5.17. The summed E-state index contributed by atoms with van der Waals surface area (Å²) in [6, 6.07) is 9.77. The summed E-state index contributed by atoms with van der Waals surface area (Å²) in [6.45, 7) is 1.77. The van der Waals surface area contributed by atoms with Gasteiger partial charge < -0.3 is 10.4 Å². The molecular formula is C12H16N2O. The Labute approximate surface area is 90.4 Å². The van der Waals surface area contributed by atoms with Crippen molar-refractivity contribution in [2.45, 2.75) is 12.8 Å². The Morgan fingerprint density at radius 2 is 1.93 bits per heavy atom. The molecule has 15 heavy (non-hydrogen) atoms. The van der Waals surface area contributed by atoms with Crippen LogP contribution < -0.4 is 5.32 Å². The SMILES string of the molecule is N#Cc1ccc(CCCNCCO)cc1. The van der Waals surface area contributed by atoms with E-state index in [9.17, 15) is 0 Å². The molecule has 0 unspecified atom stereocenters. The lowest BCUT2D eigenvalue weighted by Crippen LogP contribution is -2.19. The molecule has 0 bridgehead atoms. The number of nitrogens with one attached hydrogen (secondary N) is 1.